The Hall–Kier alpha value is -1.10. The van der Waals surface area contributed by atoms with Crippen molar-refractivity contribution in [2.75, 3.05) is 6.61 Å². The van der Waals surface area contributed by atoms with Crippen molar-refractivity contribution >= 4 is 11.9 Å². The van der Waals surface area contributed by atoms with E-state index in [0.29, 0.717) is 0 Å². The van der Waals surface area contributed by atoms with E-state index in [4.69, 9.17) is 9.47 Å². The van der Waals surface area contributed by atoms with Gasteiger partial charge in [0.25, 0.3) is 0 Å². The molecule has 1 aliphatic heterocycles. The molecule has 0 radical (unpaired) electrons. The van der Waals surface area contributed by atoms with E-state index in [1.807, 2.05) is 0 Å². The molecular formula is C10H17NO4. The molecule has 0 spiro atoms. The molecule has 0 bridgehead atoms. The van der Waals surface area contributed by atoms with E-state index in [9.17, 15) is 9.59 Å². The average molecular weight is 215 g/mol. The van der Waals surface area contributed by atoms with Crippen molar-refractivity contribution in [3.8, 4) is 0 Å². The Bertz CT molecular complexity index is 269. The minimum absolute atomic E-state index is 0.0572. The summed E-state index contributed by atoms with van der Waals surface area (Å²) in [7, 11) is 0. The summed E-state index contributed by atoms with van der Waals surface area (Å²) >= 11 is 0. The van der Waals surface area contributed by atoms with Gasteiger partial charge < -0.3 is 14.8 Å². The third-order valence-electron chi connectivity index (χ3n) is 1.98. The molecule has 0 aliphatic carbocycles. The number of hydrogen-bond acceptors (Lipinski definition) is 4. The molecule has 1 saturated heterocycles. The fourth-order valence-corrected chi connectivity index (χ4v) is 1.29. The molecule has 86 valence electrons. The van der Waals surface area contributed by atoms with Gasteiger partial charge >= 0.3 is 6.09 Å². The second kappa shape index (κ2) is 4.18. The molecule has 5 nitrogen and oxygen atoms in total. The summed E-state index contributed by atoms with van der Waals surface area (Å²) in [6.45, 7) is 7.10. The van der Waals surface area contributed by atoms with Gasteiger partial charge in [0.1, 0.15) is 18.2 Å². The van der Waals surface area contributed by atoms with Crippen molar-refractivity contribution in [2.45, 2.75) is 45.4 Å². The largest absolute Gasteiger partial charge is 0.444 e. The number of amides is 1. The summed E-state index contributed by atoms with van der Waals surface area (Å²) in [6.07, 6.45) is -0.872. The van der Waals surface area contributed by atoms with Gasteiger partial charge in [-0.15, -0.1) is 0 Å². The highest BCUT2D eigenvalue weighted by Crippen LogP contribution is 2.11. The summed E-state index contributed by atoms with van der Waals surface area (Å²) in [5, 5.41) is 2.50. The van der Waals surface area contributed by atoms with Crippen LogP contribution in [0.5, 0.6) is 0 Å². The predicted molar refractivity (Wildman–Crippen MR) is 53.6 cm³/mol. The number of carbonyl (C=O) groups is 2. The van der Waals surface area contributed by atoms with Gasteiger partial charge in [0.15, 0.2) is 5.78 Å². The third-order valence-corrected chi connectivity index (χ3v) is 1.98. The molecule has 5 heteroatoms. The smallest absolute Gasteiger partial charge is 0.408 e. The molecule has 1 amide bonds. The Morgan fingerprint density at radius 1 is 1.53 bits per heavy atom. The fourth-order valence-electron chi connectivity index (χ4n) is 1.29. The molecule has 0 saturated carbocycles. The van der Waals surface area contributed by atoms with E-state index in [2.05, 4.69) is 5.32 Å². The lowest BCUT2D eigenvalue weighted by molar-refractivity contribution is -0.119. The first-order valence-corrected chi connectivity index (χ1v) is 4.93. The minimum atomic E-state index is -0.585. The number of hydrogen-bond donors (Lipinski definition) is 1. The number of alkyl carbamates (subject to hydrolysis) is 1. The SMILES string of the molecule is C[C@@H]1OCC(=O)C1NC(=O)OC(C)(C)C. The summed E-state index contributed by atoms with van der Waals surface area (Å²) < 4.78 is 10.1. The van der Waals surface area contributed by atoms with Crippen molar-refractivity contribution in [1.29, 1.82) is 0 Å². The lowest BCUT2D eigenvalue weighted by Gasteiger charge is -2.22. The zero-order chi connectivity index (χ0) is 11.6. The molecular weight excluding hydrogens is 198 g/mol. The van der Waals surface area contributed by atoms with Crippen molar-refractivity contribution in [1.82, 2.24) is 5.32 Å². The quantitative estimate of drug-likeness (QED) is 0.704. The summed E-state index contributed by atoms with van der Waals surface area (Å²) in [5.74, 6) is -0.117. The zero-order valence-corrected chi connectivity index (χ0v) is 9.49. The maximum atomic E-state index is 11.4. The Morgan fingerprint density at radius 2 is 2.13 bits per heavy atom. The van der Waals surface area contributed by atoms with Crippen LogP contribution in [0.25, 0.3) is 0 Å². The monoisotopic (exact) mass is 215 g/mol. The number of ketones is 1. The van der Waals surface area contributed by atoms with Crippen LogP contribution in [-0.4, -0.2) is 36.2 Å². The normalized spacial score (nSPS) is 26.5. The van der Waals surface area contributed by atoms with Crippen LogP contribution < -0.4 is 5.32 Å². The van der Waals surface area contributed by atoms with Crippen LogP contribution in [0, 0.1) is 0 Å². The summed E-state index contributed by atoms with van der Waals surface area (Å²) in [5.41, 5.74) is -0.560. The molecule has 0 aromatic rings. The van der Waals surface area contributed by atoms with Crippen LogP contribution in [0.2, 0.25) is 0 Å². The van der Waals surface area contributed by atoms with Crippen molar-refractivity contribution in [2.24, 2.45) is 0 Å². The van der Waals surface area contributed by atoms with Crippen LogP contribution in [0.15, 0.2) is 0 Å². The highest BCUT2D eigenvalue weighted by atomic mass is 16.6. The third kappa shape index (κ3) is 3.51. The summed E-state index contributed by atoms with van der Waals surface area (Å²) in [4.78, 5) is 22.7. The number of nitrogens with one attached hydrogen (secondary N) is 1. The minimum Gasteiger partial charge on any atom is -0.444 e. The second-order valence-corrected chi connectivity index (χ2v) is 4.61. The first kappa shape index (κ1) is 12.0. The Labute approximate surface area is 89.1 Å². The molecule has 1 rings (SSSR count). The van der Waals surface area contributed by atoms with Crippen LogP contribution in [-0.2, 0) is 14.3 Å². The molecule has 15 heavy (non-hydrogen) atoms. The fraction of sp³-hybridized carbons (Fsp3) is 0.800. The number of carbonyl (C=O) groups excluding carboxylic acids is 2. The van der Waals surface area contributed by atoms with Crippen molar-refractivity contribution in [3.63, 3.8) is 0 Å². The van der Waals surface area contributed by atoms with Gasteiger partial charge in [-0.3, -0.25) is 4.79 Å². The van der Waals surface area contributed by atoms with E-state index in [1.165, 1.54) is 0 Å². The van der Waals surface area contributed by atoms with Gasteiger partial charge in [-0.25, -0.2) is 4.79 Å². The van der Waals surface area contributed by atoms with Gasteiger partial charge in [0, 0.05) is 0 Å². The number of rotatable bonds is 1. The average Bonchev–Trinajstić information content (AvgIpc) is 2.32. The van der Waals surface area contributed by atoms with Crippen molar-refractivity contribution < 1.29 is 19.1 Å². The molecule has 1 N–H and O–H groups in total. The molecule has 1 unspecified atom stereocenters. The Kier molecular flexibility index (Phi) is 3.34. The lowest BCUT2D eigenvalue weighted by Crippen LogP contribution is -2.45. The van der Waals surface area contributed by atoms with Crippen molar-refractivity contribution in [3.05, 3.63) is 0 Å². The second-order valence-electron chi connectivity index (χ2n) is 4.61. The lowest BCUT2D eigenvalue weighted by atomic mass is 10.1. The number of ether oxygens (including phenoxy) is 2. The van der Waals surface area contributed by atoms with E-state index >= 15 is 0 Å². The van der Waals surface area contributed by atoms with Gasteiger partial charge in [-0.1, -0.05) is 0 Å². The van der Waals surface area contributed by atoms with Crippen LogP contribution in [0.4, 0.5) is 4.79 Å². The zero-order valence-electron chi connectivity index (χ0n) is 9.49. The van der Waals surface area contributed by atoms with Gasteiger partial charge in [0.05, 0.1) is 6.10 Å². The van der Waals surface area contributed by atoms with Crippen LogP contribution in [0.3, 0.4) is 0 Å². The van der Waals surface area contributed by atoms with E-state index in [0.717, 1.165) is 0 Å². The molecule has 0 aromatic heterocycles. The van der Waals surface area contributed by atoms with E-state index < -0.39 is 17.7 Å². The van der Waals surface area contributed by atoms with E-state index in [1.54, 1.807) is 27.7 Å². The topological polar surface area (TPSA) is 64.6 Å². The standard InChI is InChI=1S/C10H17NO4/c1-6-8(7(12)5-14-6)11-9(13)15-10(2,3)4/h6,8H,5H2,1-4H3,(H,11,13)/t6-,8?/m0/s1. The molecule has 0 aromatic carbocycles. The Balaban J connectivity index is 2.48. The van der Waals surface area contributed by atoms with Crippen LogP contribution in [0.1, 0.15) is 27.7 Å². The molecule has 1 fully saturated rings. The van der Waals surface area contributed by atoms with Gasteiger partial charge in [-0.05, 0) is 27.7 Å². The van der Waals surface area contributed by atoms with Gasteiger partial charge in [-0.2, -0.15) is 0 Å². The number of Topliss-reactive ketones (excluding diaryl/α,β-unsaturated/α-hetero) is 1. The highest BCUT2D eigenvalue weighted by Gasteiger charge is 2.34. The summed E-state index contributed by atoms with van der Waals surface area (Å²) in [6, 6.07) is -0.583. The van der Waals surface area contributed by atoms with E-state index in [-0.39, 0.29) is 18.5 Å². The first-order chi connectivity index (χ1) is 6.79. The maximum absolute atomic E-state index is 11.4. The van der Waals surface area contributed by atoms with Gasteiger partial charge in [0.2, 0.25) is 0 Å². The molecule has 2 atom stereocenters. The van der Waals surface area contributed by atoms with Crippen LogP contribution >= 0.6 is 0 Å². The Morgan fingerprint density at radius 3 is 2.53 bits per heavy atom. The molecule has 1 aliphatic rings. The highest BCUT2D eigenvalue weighted by molar-refractivity contribution is 5.90. The first-order valence-electron chi connectivity index (χ1n) is 4.93. The molecule has 1 heterocycles. The maximum Gasteiger partial charge on any atom is 0.408 e. The predicted octanol–water partition coefficient (Wildman–Crippen LogP) is 0.867.